The minimum absolute atomic E-state index is 0.0588. The van der Waals surface area contributed by atoms with E-state index in [0.29, 0.717) is 23.7 Å². The number of hydrogen-bond donors (Lipinski definition) is 1. The third kappa shape index (κ3) is 1.78. The lowest BCUT2D eigenvalue weighted by molar-refractivity contribution is -0.163. The normalized spacial score (nSPS) is 57.9. The van der Waals surface area contributed by atoms with Gasteiger partial charge in [0.2, 0.25) is 0 Å². The molecule has 0 radical (unpaired) electrons. The molecule has 0 amide bonds. The lowest BCUT2D eigenvalue weighted by atomic mass is 9.44. The number of hydrogen-bond acceptors (Lipinski definition) is 2. The number of alkyl halides is 1. The van der Waals surface area contributed by atoms with Crippen LogP contribution in [-0.2, 0) is 4.79 Å². The van der Waals surface area contributed by atoms with E-state index in [-0.39, 0.29) is 23.7 Å². The molecule has 22 heavy (non-hydrogen) atoms. The molecule has 3 heteroatoms. The minimum atomic E-state index is -1.29. The van der Waals surface area contributed by atoms with Crippen LogP contribution in [0.2, 0.25) is 0 Å². The molecule has 0 bridgehead atoms. The van der Waals surface area contributed by atoms with Crippen LogP contribution in [-0.4, -0.2) is 23.2 Å². The lowest BCUT2D eigenvalue weighted by Gasteiger charge is -2.60. The molecule has 0 heterocycles. The average Bonchev–Trinajstić information content (AvgIpc) is 2.71. The predicted octanol–water partition coefficient (Wildman–Crippen LogP) is 3.91. The van der Waals surface area contributed by atoms with Gasteiger partial charge in [0.05, 0.1) is 6.10 Å². The second-order valence-corrected chi connectivity index (χ2v) is 9.07. The van der Waals surface area contributed by atoms with Gasteiger partial charge in [-0.1, -0.05) is 26.7 Å². The molecule has 0 aromatic rings. The van der Waals surface area contributed by atoms with Gasteiger partial charge in [-0.05, 0) is 67.6 Å². The standard InChI is InChI=1S/C19H29FO2/c1-18-7-4-3-5-11(18)9-15(21)16-12(18)6-8-19(2)13(16)10-14(20)17(19)22/h11-16,21H,3-10H2,1-2H3/t11-,12-,13-,14+,15+,16+,18-,19-/m0/s1. The van der Waals surface area contributed by atoms with Crippen LogP contribution in [0.4, 0.5) is 4.39 Å². The molecule has 4 fully saturated rings. The van der Waals surface area contributed by atoms with Gasteiger partial charge >= 0.3 is 0 Å². The molecule has 0 spiro atoms. The molecule has 4 aliphatic carbocycles. The maximum atomic E-state index is 14.1. The summed E-state index contributed by atoms with van der Waals surface area (Å²) in [7, 11) is 0. The highest BCUT2D eigenvalue weighted by Gasteiger charge is 2.64. The Morgan fingerprint density at radius 3 is 2.64 bits per heavy atom. The first kappa shape index (κ1) is 15.1. The van der Waals surface area contributed by atoms with Crippen molar-refractivity contribution in [2.45, 2.75) is 77.5 Å². The lowest BCUT2D eigenvalue weighted by Crippen LogP contribution is -2.57. The van der Waals surface area contributed by atoms with Gasteiger partial charge in [0.1, 0.15) is 0 Å². The summed E-state index contributed by atoms with van der Waals surface area (Å²) in [5, 5.41) is 10.9. The minimum Gasteiger partial charge on any atom is -0.393 e. The van der Waals surface area contributed by atoms with E-state index in [9.17, 15) is 14.3 Å². The van der Waals surface area contributed by atoms with Gasteiger partial charge in [0.15, 0.2) is 12.0 Å². The first-order valence-corrected chi connectivity index (χ1v) is 9.24. The van der Waals surface area contributed by atoms with Crippen molar-refractivity contribution < 1.29 is 14.3 Å². The number of fused-ring (bicyclic) bond motifs is 5. The van der Waals surface area contributed by atoms with Crippen LogP contribution >= 0.6 is 0 Å². The molecule has 4 saturated carbocycles. The summed E-state index contributed by atoms with van der Waals surface area (Å²) < 4.78 is 14.1. The Morgan fingerprint density at radius 1 is 1.09 bits per heavy atom. The molecule has 0 aliphatic heterocycles. The van der Waals surface area contributed by atoms with Gasteiger partial charge < -0.3 is 5.11 Å². The van der Waals surface area contributed by atoms with Crippen molar-refractivity contribution >= 4 is 5.78 Å². The third-order valence-corrected chi connectivity index (χ3v) is 8.30. The molecule has 1 N–H and O–H groups in total. The molecule has 0 aromatic carbocycles. The maximum Gasteiger partial charge on any atom is 0.173 e. The SMILES string of the molecule is C[C@]12CCCC[C@H]1C[C@@H](O)[C@@H]1[C@@H]2CC[C@]2(C)C(=O)[C@H](F)C[C@@H]12. The second kappa shape index (κ2) is 4.78. The van der Waals surface area contributed by atoms with Gasteiger partial charge in [-0.2, -0.15) is 0 Å². The van der Waals surface area contributed by atoms with Crippen LogP contribution in [0.3, 0.4) is 0 Å². The Labute approximate surface area is 132 Å². The van der Waals surface area contributed by atoms with E-state index >= 15 is 0 Å². The van der Waals surface area contributed by atoms with E-state index in [4.69, 9.17) is 0 Å². The average molecular weight is 308 g/mol. The number of aliphatic hydroxyl groups is 1. The maximum absolute atomic E-state index is 14.1. The Hall–Kier alpha value is -0.440. The van der Waals surface area contributed by atoms with E-state index in [2.05, 4.69) is 6.92 Å². The van der Waals surface area contributed by atoms with Crippen LogP contribution in [0.5, 0.6) is 0 Å². The Kier molecular flexibility index (Phi) is 3.28. The van der Waals surface area contributed by atoms with Crippen LogP contribution in [0.15, 0.2) is 0 Å². The summed E-state index contributed by atoms with van der Waals surface area (Å²) in [4.78, 5) is 12.3. The monoisotopic (exact) mass is 308 g/mol. The zero-order valence-electron chi connectivity index (χ0n) is 13.9. The van der Waals surface area contributed by atoms with Crippen molar-refractivity contribution in [1.29, 1.82) is 0 Å². The molecule has 2 nitrogen and oxygen atoms in total. The summed E-state index contributed by atoms with van der Waals surface area (Å²) in [5.74, 6) is 1.13. The fourth-order valence-electron chi connectivity index (χ4n) is 7.01. The third-order valence-electron chi connectivity index (χ3n) is 8.30. The summed E-state index contributed by atoms with van der Waals surface area (Å²) in [6, 6.07) is 0. The number of ketones is 1. The van der Waals surface area contributed by atoms with Crippen LogP contribution in [0, 0.1) is 34.5 Å². The molecular weight excluding hydrogens is 279 g/mol. The molecule has 0 aromatic heterocycles. The molecular formula is C19H29FO2. The molecule has 0 unspecified atom stereocenters. The van der Waals surface area contributed by atoms with Crippen molar-refractivity contribution in [2.75, 3.05) is 0 Å². The molecule has 4 aliphatic rings. The number of Topliss-reactive ketones (excluding diaryl/α,β-unsaturated/α-hetero) is 1. The highest BCUT2D eigenvalue weighted by atomic mass is 19.1. The second-order valence-electron chi connectivity index (χ2n) is 9.07. The smallest absolute Gasteiger partial charge is 0.173 e. The first-order chi connectivity index (χ1) is 10.4. The highest BCUT2D eigenvalue weighted by Crippen LogP contribution is 2.65. The van der Waals surface area contributed by atoms with E-state index in [1.807, 2.05) is 6.92 Å². The number of carbonyl (C=O) groups excluding carboxylic acids is 1. The fourth-order valence-corrected chi connectivity index (χ4v) is 7.01. The van der Waals surface area contributed by atoms with Gasteiger partial charge in [-0.15, -0.1) is 0 Å². The van der Waals surface area contributed by atoms with Gasteiger partial charge in [-0.3, -0.25) is 4.79 Å². The largest absolute Gasteiger partial charge is 0.393 e. The van der Waals surface area contributed by atoms with Crippen LogP contribution in [0.1, 0.15) is 65.2 Å². The summed E-state index contributed by atoms with van der Waals surface area (Å²) >= 11 is 0. The van der Waals surface area contributed by atoms with E-state index in [0.717, 1.165) is 19.3 Å². The Morgan fingerprint density at radius 2 is 1.86 bits per heavy atom. The van der Waals surface area contributed by atoms with E-state index < -0.39 is 11.6 Å². The van der Waals surface area contributed by atoms with Gasteiger partial charge in [0.25, 0.3) is 0 Å². The number of halogens is 1. The summed E-state index contributed by atoms with van der Waals surface area (Å²) in [5.41, 5.74) is -0.208. The number of aliphatic hydroxyl groups excluding tert-OH is 1. The number of rotatable bonds is 0. The predicted molar refractivity (Wildman–Crippen MR) is 83.0 cm³/mol. The van der Waals surface area contributed by atoms with Crippen molar-refractivity contribution in [3.8, 4) is 0 Å². The molecule has 0 saturated heterocycles. The van der Waals surface area contributed by atoms with Crippen molar-refractivity contribution in [2.24, 2.45) is 34.5 Å². The fraction of sp³-hybridized carbons (Fsp3) is 0.947. The Bertz CT molecular complexity index is 492. The number of carbonyl (C=O) groups is 1. The first-order valence-electron chi connectivity index (χ1n) is 9.24. The molecule has 4 rings (SSSR count). The summed E-state index contributed by atoms with van der Waals surface area (Å²) in [6.07, 6.45) is 6.50. The zero-order valence-corrected chi connectivity index (χ0v) is 13.9. The Balaban J connectivity index is 1.71. The van der Waals surface area contributed by atoms with Gasteiger partial charge in [-0.25, -0.2) is 4.39 Å². The zero-order chi connectivity index (χ0) is 15.7. The summed E-state index contributed by atoms with van der Waals surface area (Å²) in [6.45, 7) is 4.39. The van der Waals surface area contributed by atoms with Crippen molar-refractivity contribution in [1.82, 2.24) is 0 Å². The highest BCUT2D eigenvalue weighted by molar-refractivity contribution is 5.91. The molecule has 124 valence electrons. The molecule has 8 atom stereocenters. The quantitative estimate of drug-likeness (QED) is 0.737. The van der Waals surface area contributed by atoms with Gasteiger partial charge in [0, 0.05) is 5.41 Å². The van der Waals surface area contributed by atoms with Crippen LogP contribution < -0.4 is 0 Å². The van der Waals surface area contributed by atoms with E-state index in [1.165, 1.54) is 25.7 Å². The van der Waals surface area contributed by atoms with E-state index in [1.54, 1.807) is 0 Å². The van der Waals surface area contributed by atoms with Crippen molar-refractivity contribution in [3.63, 3.8) is 0 Å². The topological polar surface area (TPSA) is 37.3 Å². The van der Waals surface area contributed by atoms with Crippen LogP contribution in [0.25, 0.3) is 0 Å². The van der Waals surface area contributed by atoms with Crippen molar-refractivity contribution in [3.05, 3.63) is 0 Å².